The number of anilines is 1. The molecule has 0 aliphatic rings. The van der Waals surface area contributed by atoms with Crippen LogP contribution in [0.15, 0.2) is 30.6 Å². The van der Waals surface area contributed by atoms with E-state index in [4.69, 9.17) is 0 Å². The van der Waals surface area contributed by atoms with Crippen LogP contribution in [-0.2, 0) is 6.54 Å². The molecular formula is C10H12N4. The number of hydrogen-bond acceptors (Lipinski definition) is 3. The minimum absolute atomic E-state index is 0.720. The molecule has 2 rings (SSSR count). The lowest BCUT2D eigenvalue weighted by Gasteiger charge is -2.05. The van der Waals surface area contributed by atoms with Gasteiger partial charge in [-0.1, -0.05) is 6.07 Å². The molecule has 0 aliphatic heterocycles. The van der Waals surface area contributed by atoms with E-state index in [9.17, 15) is 0 Å². The summed E-state index contributed by atoms with van der Waals surface area (Å²) in [7, 11) is 0. The number of aromatic nitrogens is 3. The third-order valence-corrected chi connectivity index (χ3v) is 2.01. The number of hydrogen-bond donors (Lipinski definition) is 2. The Balaban J connectivity index is 2.02. The Hall–Kier alpha value is -1.84. The zero-order valence-corrected chi connectivity index (χ0v) is 7.99. The number of nitrogens with zero attached hydrogens (tertiary/aromatic N) is 2. The van der Waals surface area contributed by atoms with E-state index < -0.39 is 0 Å². The first-order chi connectivity index (χ1) is 6.86. The van der Waals surface area contributed by atoms with Crippen LogP contribution < -0.4 is 5.32 Å². The normalized spacial score (nSPS) is 10.1. The fraction of sp³-hybridized carbons (Fsp3) is 0.200. The molecule has 0 unspecified atom stereocenters. The second-order valence-electron chi connectivity index (χ2n) is 3.10. The predicted molar refractivity (Wildman–Crippen MR) is 54.9 cm³/mol. The number of H-pyrrole nitrogens is 1. The summed E-state index contributed by atoms with van der Waals surface area (Å²) in [4.78, 5) is 4.23. The molecule has 72 valence electrons. The van der Waals surface area contributed by atoms with Gasteiger partial charge in [0.25, 0.3) is 0 Å². The standard InChI is InChI=1S/C10H12N4/c1-8-3-2-5-11-10(8)12-7-9-4-6-13-14-9/h2-6H,7H2,1H3,(H,11,12)(H,13,14). The van der Waals surface area contributed by atoms with Gasteiger partial charge in [-0.2, -0.15) is 5.10 Å². The van der Waals surface area contributed by atoms with Gasteiger partial charge in [0.05, 0.1) is 12.2 Å². The van der Waals surface area contributed by atoms with Crippen molar-refractivity contribution < 1.29 is 0 Å². The van der Waals surface area contributed by atoms with Crippen molar-refractivity contribution in [3.8, 4) is 0 Å². The van der Waals surface area contributed by atoms with Gasteiger partial charge in [0.15, 0.2) is 0 Å². The van der Waals surface area contributed by atoms with Gasteiger partial charge in [-0.3, -0.25) is 5.10 Å². The summed E-state index contributed by atoms with van der Waals surface area (Å²) in [6, 6.07) is 5.89. The maximum atomic E-state index is 4.23. The molecular weight excluding hydrogens is 176 g/mol. The van der Waals surface area contributed by atoms with Crippen LogP contribution in [-0.4, -0.2) is 15.2 Å². The van der Waals surface area contributed by atoms with Crippen LogP contribution in [0.2, 0.25) is 0 Å². The first kappa shape index (κ1) is 8.74. The molecule has 2 heterocycles. The first-order valence-corrected chi connectivity index (χ1v) is 4.50. The summed E-state index contributed by atoms with van der Waals surface area (Å²) in [6.07, 6.45) is 3.52. The van der Waals surface area contributed by atoms with Gasteiger partial charge in [-0.25, -0.2) is 4.98 Å². The largest absolute Gasteiger partial charge is 0.364 e. The summed E-state index contributed by atoms with van der Waals surface area (Å²) in [6.45, 7) is 2.75. The Morgan fingerprint density at radius 2 is 2.29 bits per heavy atom. The quantitative estimate of drug-likeness (QED) is 0.771. The molecule has 0 fully saturated rings. The van der Waals surface area contributed by atoms with Crippen molar-refractivity contribution in [3.63, 3.8) is 0 Å². The highest BCUT2D eigenvalue weighted by Crippen LogP contribution is 2.09. The van der Waals surface area contributed by atoms with Crippen LogP contribution >= 0.6 is 0 Å². The summed E-state index contributed by atoms with van der Waals surface area (Å²) in [5.74, 6) is 0.919. The Morgan fingerprint density at radius 1 is 1.36 bits per heavy atom. The minimum atomic E-state index is 0.720. The van der Waals surface area contributed by atoms with Gasteiger partial charge >= 0.3 is 0 Å². The Labute approximate surface area is 82.4 Å². The van der Waals surface area contributed by atoms with Crippen LogP contribution in [0.25, 0.3) is 0 Å². The SMILES string of the molecule is Cc1cccnc1NCc1ccn[nH]1. The number of aryl methyl sites for hydroxylation is 1. The van der Waals surface area contributed by atoms with Gasteiger partial charge in [0.2, 0.25) is 0 Å². The summed E-state index contributed by atoms with van der Waals surface area (Å²) < 4.78 is 0. The van der Waals surface area contributed by atoms with Crippen molar-refractivity contribution in [3.05, 3.63) is 41.9 Å². The van der Waals surface area contributed by atoms with Crippen molar-refractivity contribution in [1.82, 2.24) is 15.2 Å². The molecule has 4 nitrogen and oxygen atoms in total. The lowest BCUT2D eigenvalue weighted by atomic mass is 10.3. The molecule has 0 aromatic carbocycles. The molecule has 0 radical (unpaired) electrons. The molecule has 0 bridgehead atoms. The van der Waals surface area contributed by atoms with Gasteiger partial charge in [-0.05, 0) is 24.6 Å². The molecule has 0 aliphatic carbocycles. The lowest BCUT2D eigenvalue weighted by molar-refractivity contribution is 0.972. The predicted octanol–water partition coefficient (Wildman–Crippen LogP) is 1.73. The van der Waals surface area contributed by atoms with Crippen molar-refractivity contribution in [1.29, 1.82) is 0 Å². The van der Waals surface area contributed by atoms with Crippen LogP contribution in [0.5, 0.6) is 0 Å². The smallest absolute Gasteiger partial charge is 0.129 e. The summed E-state index contributed by atoms with van der Waals surface area (Å²) in [5.41, 5.74) is 2.20. The Bertz CT molecular complexity index is 394. The molecule has 14 heavy (non-hydrogen) atoms. The van der Waals surface area contributed by atoms with Gasteiger partial charge in [0.1, 0.15) is 5.82 Å². The Morgan fingerprint density at radius 3 is 3.00 bits per heavy atom. The van der Waals surface area contributed by atoms with E-state index in [1.165, 1.54) is 0 Å². The number of aromatic amines is 1. The summed E-state index contributed by atoms with van der Waals surface area (Å²) >= 11 is 0. The van der Waals surface area contributed by atoms with Crippen LogP contribution in [0, 0.1) is 6.92 Å². The van der Waals surface area contributed by atoms with Crippen LogP contribution in [0.3, 0.4) is 0 Å². The molecule has 2 aromatic rings. The fourth-order valence-corrected chi connectivity index (χ4v) is 1.23. The molecule has 0 saturated carbocycles. The first-order valence-electron chi connectivity index (χ1n) is 4.50. The highest BCUT2D eigenvalue weighted by Gasteiger charge is 1.98. The molecule has 2 aromatic heterocycles. The number of nitrogens with one attached hydrogen (secondary N) is 2. The van der Waals surface area contributed by atoms with Crippen molar-refractivity contribution in [2.75, 3.05) is 5.32 Å². The van der Waals surface area contributed by atoms with E-state index >= 15 is 0 Å². The van der Waals surface area contributed by atoms with E-state index in [1.807, 2.05) is 25.1 Å². The molecule has 0 amide bonds. The van der Waals surface area contributed by atoms with Gasteiger partial charge in [-0.15, -0.1) is 0 Å². The van der Waals surface area contributed by atoms with Crippen molar-refractivity contribution in [2.24, 2.45) is 0 Å². The van der Waals surface area contributed by atoms with Crippen LogP contribution in [0.4, 0.5) is 5.82 Å². The van der Waals surface area contributed by atoms with E-state index in [2.05, 4.69) is 20.5 Å². The lowest BCUT2D eigenvalue weighted by Crippen LogP contribution is -2.02. The Kier molecular flexibility index (Phi) is 2.44. The van der Waals surface area contributed by atoms with E-state index in [0.717, 1.165) is 23.6 Å². The highest BCUT2D eigenvalue weighted by atomic mass is 15.1. The molecule has 4 heteroatoms. The fourth-order valence-electron chi connectivity index (χ4n) is 1.23. The second kappa shape index (κ2) is 3.91. The number of pyridine rings is 1. The zero-order chi connectivity index (χ0) is 9.80. The average molecular weight is 188 g/mol. The topological polar surface area (TPSA) is 53.6 Å². The molecule has 2 N–H and O–H groups in total. The molecule has 0 spiro atoms. The highest BCUT2D eigenvalue weighted by molar-refractivity contribution is 5.42. The number of rotatable bonds is 3. The van der Waals surface area contributed by atoms with Gasteiger partial charge < -0.3 is 5.32 Å². The van der Waals surface area contributed by atoms with E-state index in [0.29, 0.717) is 0 Å². The van der Waals surface area contributed by atoms with Crippen molar-refractivity contribution in [2.45, 2.75) is 13.5 Å². The second-order valence-corrected chi connectivity index (χ2v) is 3.10. The maximum Gasteiger partial charge on any atom is 0.129 e. The van der Waals surface area contributed by atoms with E-state index in [1.54, 1.807) is 12.4 Å². The maximum absolute atomic E-state index is 4.23. The zero-order valence-electron chi connectivity index (χ0n) is 7.99. The van der Waals surface area contributed by atoms with Crippen LogP contribution in [0.1, 0.15) is 11.3 Å². The van der Waals surface area contributed by atoms with E-state index in [-0.39, 0.29) is 0 Å². The average Bonchev–Trinajstić information content (AvgIpc) is 2.69. The minimum Gasteiger partial charge on any atom is -0.364 e. The molecule has 0 atom stereocenters. The van der Waals surface area contributed by atoms with Gasteiger partial charge in [0, 0.05) is 12.4 Å². The molecule has 0 saturated heterocycles. The third kappa shape index (κ3) is 1.90. The third-order valence-electron chi connectivity index (χ3n) is 2.01. The van der Waals surface area contributed by atoms with Crippen molar-refractivity contribution >= 4 is 5.82 Å². The monoisotopic (exact) mass is 188 g/mol. The summed E-state index contributed by atoms with van der Waals surface area (Å²) in [5, 5.41) is 9.99.